The molecular weight excluding hydrogens is 292 g/mol. The smallest absolute Gasteiger partial charge is 0.374 e. The summed E-state index contributed by atoms with van der Waals surface area (Å²) in [4.78, 5) is 23.2. The van der Waals surface area contributed by atoms with Crippen LogP contribution in [-0.2, 0) is 14.3 Å². The average molecular weight is 307 g/mol. The van der Waals surface area contributed by atoms with Crippen LogP contribution >= 0.6 is 11.6 Å². The van der Waals surface area contributed by atoms with E-state index in [-0.39, 0.29) is 12.3 Å². The van der Waals surface area contributed by atoms with Crippen LogP contribution in [0.3, 0.4) is 0 Å². The molecule has 1 heterocycles. The first-order valence-electron chi connectivity index (χ1n) is 6.44. The second-order valence-corrected chi connectivity index (χ2v) is 5.11. The van der Waals surface area contributed by atoms with Gasteiger partial charge in [0.05, 0.1) is 7.11 Å². The Morgan fingerprint density at radius 1 is 1.19 bits per heavy atom. The van der Waals surface area contributed by atoms with Crippen LogP contribution in [0.4, 0.5) is 0 Å². The number of methoxy groups -OCH3 is 1. The summed E-state index contributed by atoms with van der Waals surface area (Å²) in [6, 6.07) is 10.7. The number of carbonyl (C=O) groups excluding carboxylic acids is 2. The van der Waals surface area contributed by atoms with E-state index in [1.807, 2.05) is 25.1 Å². The molecule has 2 aromatic rings. The summed E-state index contributed by atoms with van der Waals surface area (Å²) in [7, 11) is 1.19. The van der Waals surface area contributed by atoms with Gasteiger partial charge in [-0.3, -0.25) is 4.79 Å². The van der Waals surface area contributed by atoms with Crippen LogP contribution in [0.5, 0.6) is 0 Å². The van der Waals surface area contributed by atoms with Crippen LogP contribution in [0, 0.1) is 6.92 Å². The molecule has 0 radical (unpaired) electrons. The Labute approximate surface area is 127 Å². The average Bonchev–Trinajstić information content (AvgIpc) is 2.91. The largest absolute Gasteiger partial charge is 0.466 e. The van der Waals surface area contributed by atoms with E-state index in [4.69, 9.17) is 16.0 Å². The summed E-state index contributed by atoms with van der Waals surface area (Å²) >= 11 is 5.88. The first kappa shape index (κ1) is 15.3. The van der Waals surface area contributed by atoms with E-state index in [2.05, 4.69) is 4.74 Å². The summed E-state index contributed by atoms with van der Waals surface area (Å²) in [6.45, 7) is 1.82. The minimum atomic E-state index is -0.850. The summed E-state index contributed by atoms with van der Waals surface area (Å²) in [5, 5.41) is 0.604. The van der Waals surface area contributed by atoms with Crippen LogP contribution < -0.4 is 0 Å². The van der Waals surface area contributed by atoms with Crippen LogP contribution in [0.25, 0.3) is 0 Å². The molecule has 110 valence electrons. The zero-order valence-electron chi connectivity index (χ0n) is 11.8. The minimum Gasteiger partial charge on any atom is -0.466 e. The molecule has 0 saturated heterocycles. The molecule has 0 bridgehead atoms. The number of carbonyl (C=O) groups is 2. The number of esters is 1. The molecule has 0 spiro atoms. The first-order chi connectivity index (χ1) is 10.0. The number of halogens is 1. The van der Waals surface area contributed by atoms with Crippen molar-refractivity contribution in [3.63, 3.8) is 0 Å². The standard InChI is InChI=1S/C16H15ClO4/c1-10-3-8-15(21-10)13(9-14(18)16(19)20-2)11-4-6-12(17)7-5-11/h3-8,13H,9H2,1-2H3/t13-/m1/s1. The van der Waals surface area contributed by atoms with Gasteiger partial charge in [0.15, 0.2) is 0 Å². The van der Waals surface area contributed by atoms with Gasteiger partial charge in [0.2, 0.25) is 5.78 Å². The number of rotatable bonds is 5. The maximum absolute atomic E-state index is 11.9. The number of ether oxygens (including phenoxy) is 1. The number of hydrogen-bond donors (Lipinski definition) is 0. The molecule has 5 heteroatoms. The van der Waals surface area contributed by atoms with E-state index < -0.39 is 11.8 Å². The number of hydrogen-bond acceptors (Lipinski definition) is 4. The summed E-state index contributed by atoms with van der Waals surface area (Å²) in [5.74, 6) is -0.409. The van der Waals surface area contributed by atoms with Gasteiger partial charge in [-0.2, -0.15) is 0 Å². The topological polar surface area (TPSA) is 56.5 Å². The zero-order chi connectivity index (χ0) is 15.4. The van der Waals surface area contributed by atoms with Gasteiger partial charge in [-0.05, 0) is 36.8 Å². The Morgan fingerprint density at radius 2 is 1.86 bits per heavy atom. The van der Waals surface area contributed by atoms with Gasteiger partial charge in [0.1, 0.15) is 11.5 Å². The lowest BCUT2D eigenvalue weighted by atomic mass is 9.91. The third-order valence-corrected chi connectivity index (χ3v) is 3.43. The fourth-order valence-electron chi connectivity index (χ4n) is 2.10. The molecule has 0 saturated carbocycles. The normalized spacial score (nSPS) is 12.0. The highest BCUT2D eigenvalue weighted by Gasteiger charge is 2.25. The van der Waals surface area contributed by atoms with Crippen molar-refractivity contribution in [1.82, 2.24) is 0 Å². The first-order valence-corrected chi connectivity index (χ1v) is 6.82. The Balaban J connectivity index is 2.32. The fourth-order valence-corrected chi connectivity index (χ4v) is 2.23. The Bertz CT molecular complexity index is 643. The van der Waals surface area contributed by atoms with Gasteiger partial charge >= 0.3 is 5.97 Å². The SMILES string of the molecule is COC(=O)C(=O)C[C@H](c1ccc(Cl)cc1)c1ccc(C)o1. The molecule has 0 fully saturated rings. The van der Waals surface area contributed by atoms with Gasteiger partial charge < -0.3 is 9.15 Å². The highest BCUT2D eigenvalue weighted by Crippen LogP contribution is 2.30. The Kier molecular flexibility index (Phi) is 4.81. The van der Waals surface area contributed by atoms with E-state index in [1.165, 1.54) is 7.11 Å². The maximum atomic E-state index is 11.9. The molecule has 0 aliphatic carbocycles. The van der Waals surface area contributed by atoms with E-state index in [1.54, 1.807) is 18.2 Å². The number of furan rings is 1. The molecular formula is C16H15ClO4. The lowest BCUT2D eigenvalue weighted by molar-refractivity contribution is -0.151. The molecule has 4 nitrogen and oxygen atoms in total. The monoisotopic (exact) mass is 306 g/mol. The number of aryl methyl sites for hydroxylation is 1. The lowest BCUT2D eigenvalue weighted by Crippen LogP contribution is -2.18. The van der Waals surface area contributed by atoms with E-state index in [9.17, 15) is 9.59 Å². The number of ketones is 1. The minimum absolute atomic E-state index is 0.0126. The molecule has 1 aromatic heterocycles. The quantitative estimate of drug-likeness (QED) is 0.626. The van der Waals surface area contributed by atoms with Crippen molar-refractivity contribution in [2.45, 2.75) is 19.3 Å². The Hall–Kier alpha value is -2.07. The second kappa shape index (κ2) is 6.59. The van der Waals surface area contributed by atoms with Crippen LogP contribution in [-0.4, -0.2) is 18.9 Å². The molecule has 0 aliphatic rings. The third-order valence-electron chi connectivity index (χ3n) is 3.18. The van der Waals surface area contributed by atoms with Crippen molar-refractivity contribution in [2.75, 3.05) is 7.11 Å². The van der Waals surface area contributed by atoms with Crippen molar-refractivity contribution in [3.05, 3.63) is 58.5 Å². The molecule has 21 heavy (non-hydrogen) atoms. The maximum Gasteiger partial charge on any atom is 0.374 e. The summed E-state index contributed by atoms with van der Waals surface area (Å²) < 4.78 is 10.1. The van der Waals surface area contributed by atoms with Gasteiger partial charge in [-0.25, -0.2) is 4.79 Å². The third kappa shape index (κ3) is 3.73. The molecule has 2 rings (SSSR count). The lowest BCUT2D eigenvalue weighted by Gasteiger charge is -2.14. The molecule has 1 aromatic carbocycles. The van der Waals surface area contributed by atoms with Crippen molar-refractivity contribution in [2.24, 2.45) is 0 Å². The van der Waals surface area contributed by atoms with Gasteiger partial charge in [0.25, 0.3) is 0 Å². The highest BCUT2D eigenvalue weighted by molar-refractivity contribution is 6.33. The van der Waals surface area contributed by atoms with Crippen LogP contribution in [0.1, 0.15) is 29.4 Å². The van der Waals surface area contributed by atoms with Crippen molar-refractivity contribution < 1.29 is 18.7 Å². The Morgan fingerprint density at radius 3 is 2.38 bits per heavy atom. The summed E-state index contributed by atoms with van der Waals surface area (Å²) in [6.07, 6.45) is -0.0126. The molecule has 0 amide bonds. The van der Waals surface area contributed by atoms with E-state index in [0.29, 0.717) is 10.8 Å². The molecule has 0 N–H and O–H groups in total. The van der Waals surface area contributed by atoms with E-state index in [0.717, 1.165) is 11.3 Å². The molecule has 0 aliphatic heterocycles. The van der Waals surface area contributed by atoms with Gasteiger partial charge in [-0.1, -0.05) is 23.7 Å². The predicted octanol–water partition coefficient (Wildman–Crippen LogP) is 3.51. The number of Topliss-reactive ketones (excluding diaryl/α,β-unsaturated/α-hetero) is 1. The predicted molar refractivity (Wildman–Crippen MR) is 78.4 cm³/mol. The second-order valence-electron chi connectivity index (χ2n) is 4.67. The van der Waals surface area contributed by atoms with Gasteiger partial charge in [-0.15, -0.1) is 0 Å². The van der Waals surface area contributed by atoms with E-state index >= 15 is 0 Å². The molecule has 0 unspecified atom stereocenters. The van der Waals surface area contributed by atoms with Crippen molar-refractivity contribution in [1.29, 1.82) is 0 Å². The highest BCUT2D eigenvalue weighted by atomic mass is 35.5. The number of benzene rings is 1. The zero-order valence-corrected chi connectivity index (χ0v) is 12.5. The van der Waals surface area contributed by atoms with Crippen LogP contribution in [0.15, 0.2) is 40.8 Å². The molecule has 1 atom stereocenters. The van der Waals surface area contributed by atoms with Gasteiger partial charge in [0, 0.05) is 17.4 Å². The van der Waals surface area contributed by atoms with Crippen molar-refractivity contribution >= 4 is 23.4 Å². The van der Waals surface area contributed by atoms with Crippen LogP contribution in [0.2, 0.25) is 5.02 Å². The fraction of sp³-hybridized carbons (Fsp3) is 0.250. The summed E-state index contributed by atoms with van der Waals surface area (Å²) in [5.41, 5.74) is 0.853. The van der Waals surface area contributed by atoms with Crippen molar-refractivity contribution in [3.8, 4) is 0 Å².